The van der Waals surface area contributed by atoms with Crippen molar-refractivity contribution in [3.63, 3.8) is 0 Å². The largest absolute Gasteiger partial charge is 0.273 e. The van der Waals surface area contributed by atoms with Crippen LogP contribution in [0.25, 0.3) is 0 Å². The molecule has 0 aromatic carbocycles. The summed E-state index contributed by atoms with van der Waals surface area (Å²) >= 11 is 1.59. The average molecular weight is 272 g/mol. The maximum atomic E-state index is 12.3. The van der Waals surface area contributed by atoms with Gasteiger partial charge in [0.05, 0.1) is 5.25 Å². The van der Waals surface area contributed by atoms with Crippen molar-refractivity contribution in [1.82, 2.24) is 15.0 Å². The molecule has 3 rings (SSSR count). The van der Waals surface area contributed by atoms with Crippen molar-refractivity contribution >= 4 is 23.6 Å². The van der Waals surface area contributed by atoms with E-state index in [-0.39, 0.29) is 16.5 Å². The van der Waals surface area contributed by atoms with Crippen molar-refractivity contribution in [2.45, 2.75) is 17.5 Å². The van der Waals surface area contributed by atoms with Gasteiger partial charge in [-0.3, -0.25) is 14.7 Å². The number of carbonyl (C=O) groups is 1. The van der Waals surface area contributed by atoms with Crippen molar-refractivity contribution in [1.29, 1.82) is 0 Å². The van der Waals surface area contributed by atoms with Gasteiger partial charge in [0, 0.05) is 30.4 Å². The minimum Gasteiger partial charge on any atom is -0.273 e. The lowest BCUT2D eigenvalue weighted by molar-refractivity contribution is -0.117. The predicted molar refractivity (Wildman–Crippen MR) is 73.5 cm³/mol. The first-order valence-electron chi connectivity index (χ1n) is 5.93. The second-order valence-corrected chi connectivity index (χ2v) is 5.60. The molecule has 0 radical (unpaired) electrons. The maximum absolute atomic E-state index is 12.3. The third-order valence-corrected chi connectivity index (χ3v) is 4.24. The number of anilines is 1. The monoisotopic (exact) mass is 272 g/mol. The van der Waals surface area contributed by atoms with Crippen LogP contribution in [0.5, 0.6) is 0 Å². The van der Waals surface area contributed by atoms with Gasteiger partial charge in [-0.2, -0.15) is 0 Å². The summed E-state index contributed by atoms with van der Waals surface area (Å²) in [5, 5.41) is -0.215. The van der Waals surface area contributed by atoms with Gasteiger partial charge in [-0.05, 0) is 19.1 Å². The molecule has 1 aliphatic rings. The fourth-order valence-electron chi connectivity index (χ4n) is 1.99. The molecule has 19 heavy (non-hydrogen) atoms. The van der Waals surface area contributed by atoms with Gasteiger partial charge in [0.25, 0.3) is 0 Å². The smallest absolute Gasteiger partial charge is 0.243 e. The SMILES string of the molecule is CC1SC(c2cccnc2)N(c2ncccn2)C1=O. The number of aromatic nitrogens is 3. The summed E-state index contributed by atoms with van der Waals surface area (Å²) in [6.45, 7) is 1.90. The van der Waals surface area contributed by atoms with Crippen LogP contribution < -0.4 is 4.90 Å². The van der Waals surface area contributed by atoms with Crippen molar-refractivity contribution in [2.75, 3.05) is 4.90 Å². The summed E-state index contributed by atoms with van der Waals surface area (Å²) in [6.07, 6.45) is 6.78. The molecule has 6 heteroatoms. The first-order valence-corrected chi connectivity index (χ1v) is 6.87. The number of hydrogen-bond donors (Lipinski definition) is 0. The molecular weight excluding hydrogens is 260 g/mol. The number of amides is 1. The molecule has 0 saturated carbocycles. The Labute approximate surface area is 115 Å². The molecule has 0 N–H and O–H groups in total. The third-order valence-electron chi connectivity index (χ3n) is 2.89. The molecule has 2 aromatic rings. The molecule has 2 unspecified atom stereocenters. The van der Waals surface area contributed by atoms with Crippen LogP contribution in [-0.4, -0.2) is 26.1 Å². The minimum absolute atomic E-state index is 0.0325. The highest BCUT2D eigenvalue weighted by atomic mass is 32.2. The lowest BCUT2D eigenvalue weighted by Gasteiger charge is -2.21. The average Bonchev–Trinajstić information content (AvgIpc) is 2.77. The molecule has 0 bridgehead atoms. The summed E-state index contributed by atoms with van der Waals surface area (Å²) in [5.41, 5.74) is 0.984. The van der Waals surface area contributed by atoms with Crippen LogP contribution in [0.2, 0.25) is 0 Å². The van der Waals surface area contributed by atoms with Gasteiger partial charge in [0.1, 0.15) is 5.37 Å². The lowest BCUT2D eigenvalue weighted by Crippen LogP contribution is -2.31. The molecule has 0 aliphatic carbocycles. The fourth-order valence-corrected chi connectivity index (χ4v) is 3.23. The van der Waals surface area contributed by atoms with Crippen LogP contribution in [-0.2, 0) is 4.79 Å². The van der Waals surface area contributed by atoms with Crippen molar-refractivity contribution in [3.8, 4) is 0 Å². The topological polar surface area (TPSA) is 59.0 Å². The highest BCUT2D eigenvalue weighted by Gasteiger charge is 2.40. The number of hydrogen-bond acceptors (Lipinski definition) is 5. The van der Waals surface area contributed by atoms with E-state index in [0.717, 1.165) is 5.56 Å². The molecule has 5 nitrogen and oxygen atoms in total. The van der Waals surface area contributed by atoms with Gasteiger partial charge in [0.15, 0.2) is 0 Å². The van der Waals surface area contributed by atoms with Gasteiger partial charge in [-0.1, -0.05) is 6.07 Å². The predicted octanol–water partition coefficient (Wildman–Crippen LogP) is 2.04. The van der Waals surface area contributed by atoms with Gasteiger partial charge >= 0.3 is 0 Å². The van der Waals surface area contributed by atoms with E-state index in [2.05, 4.69) is 15.0 Å². The zero-order valence-corrected chi connectivity index (χ0v) is 11.1. The zero-order chi connectivity index (χ0) is 13.2. The number of rotatable bonds is 2. The zero-order valence-electron chi connectivity index (χ0n) is 10.3. The Kier molecular flexibility index (Phi) is 3.16. The Morgan fingerprint density at radius 3 is 2.68 bits per heavy atom. The van der Waals surface area contributed by atoms with Crippen LogP contribution >= 0.6 is 11.8 Å². The van der Waals surface area contributed by atoms with E-state index in [1.807, 2.05) is 19.1 Å². The fraction of sp³-hybridized carbons (Fsp3) is 0.231. The summed E-state index contributed by atoms with van der Waals surface area (Å²) < 4.78 is 0. The molecule has 1 fully saturated rings. The van der Waals surface area contributed by atoms with Crippen molar-refractivity contribution in [3.05, 3.63) is 48.5 Å². The van der Waals surface area contributed by atoms with Crippen LogP contribution in [0.15, 0.2) is 43.0 Å². The van der Waals surface area contributed by atoms with Gasteiger partial charge < -0.3 is 0 Å². The van der Waals surface area contributed by atoms with Gasteiger partial charge in [-0.25, -0.2) is 9.97 Å². The Bertz CT molecular complexity index is 578. The van der Waals surface area contributed by atoms with Crippen molar-refractivity contribution < 1.29 is 4.79 Å². The molecule has 1 aliphatic heterocycles. The van der Waals surface area contributed by atoms with E-state index < -0.39 is 0 Å². The van der Waals surface area contributed by atoms with E-state index in [0.29, 0.717) is 5.95 Å². The van der Waals surface area contributed by atoms with E-state index in [1.165, 1.54) is 0 Å². The molecule has 2 aromatic heterocycles. The van der Waals surface area contributed by atoms with Crippen LogP contribution in [0, 0.1) is 0 Å². The third kappa shape index (κ3) is 2.19. The summed E-state index contributed by atoms with van der Waals surface area (Å²) in [5.74, 6) is 0.475. The van der Waals surface area contributed by atoms with Crippen LogP contribution in [0.4, 0.5) is 5.95 Å². The highest BCUT2D eigenvalue weighted by molar-refractivity contribution is 8.01. The van der Waals surface area contributed by atoms with Crippen molar-refractivity contribution in [2.24, 2.45) is 0 Å². The summed E-state index contributed by atoms with van der Waals surface area (Å²) in [7, 11) is 0. The standard InChI is InChI=1S/C13H12N4OS/c1-9-11(18)17(13-15-6-3-7-16-13)12(19-9)10-4-2-5-14-8-10/h2-9,12H,1H3. The quantitative estimate of drug-likeness (QED) is 0.837. The molecule has 1 amide bonds. The highest BCUT2D eigenvalue weighted by Crippen LogP contribution is 2.43. The number of carbonyl (C=O) groups excluding carboxylic acids is 1. The van der Waals surface area contributed by atoms with E-state index in [1.54, 1.807) is 47.5 Å². The molecule has 0 spiro atoms. The first-order chi connectivity index (χ1) is 9.27. The summed E-state index contributed by atoms with van der Waals surface area (Å²) in [6, 6.07) is 5.57. The van der Waals surface area contributed by atoms with E-state index >= 15 is 0 Å². The van der Waals surface area contributed by atoms with Crippen LogP contribution in [0.3, 0.4) is 0 Å². The normalized spacial score (nSPS) is 22.8. The molecule has 1 saturated heterocycles. The Morgan fingerprint density at radius 1 is 1.21 bits per heavy atom. The Morgan fingerprint density at radius 2 is 2.00 bits per heavy atom. The van der Waals surface area contributed by atoms with E-state index in [4.69, 9.17) is 0 Å². The van der Waals surface area contributed by atoms with Crippen LogP contribution in [0.1, 0.15) is 17.9 Å². The molecule has 2 atom stereocenters. The maximum Gasteiger partial charge on any atom is 0.243 e. The molecular formula is C13H12N4OS. The Balaban J connectivity index is 2.02. The summed E-state index contributed by atoms with van der Waals surface area (Å²) in [4.78, 5) is 26.4. The number of nitrogens with zero attached hydrogens (tertiary/aromatic N) is 4. The first kappa shape index (κ1) is 12.1. The second kappa shape index (κ2) is 4.97. The minimum atomic E-state index is -0.112. The van der Waals surface area contributed by atoms with Gasteiger partial charge in [-0.15, -0.1) is 11.8 Å². The number of pyridine rings is 1. The van der Waals surface area contributed by atoms with E-state index in [9.17, 15) is 4.79 Å². The lowest BCUT2D eigenvalue weighted by atomic mass is 10.2. The second-order valence-electron chi connectivity index (χ2n) is 4.17. The molecule has 96 valence electrons. The Hall–Kier alpha value is -1.95. The number of thioether (sulfide) groups is 1. The molecule has 3 heterocycles. The van der Waals surface area contributed by atoms with Gasteiger partial charge in [0.2, 0.25) is 11.9 Å².